The molecular formula is C42H81NO3. The minimum atomic E-state index is -0.855. The Hall–Kier alpha value is -1.13. The Balaban J connectivity index is 3.43. The number of aliphatic hydroxyl groups excluding tert-OH is 2. The van der Waals surface area contributed by atoms with Crippen molar-refractivity contribution in [1.82, 2.24) is 5.32 Å². The molecular weight excluding hydrogens is 566 g/mol. The van der Waals surface area contributed by atoms with Gasteiger partial charge in [0.05, 0.1) is 18.8 Å². The summed E-state index contributed by atoms with van der Waals surface area (Å²) >= 11 is 0. The van der Waals surface area contributed by atoms with Gasteiger partial charge in [-0.15, -0.1) is 0 Å². The van der Waals surface area contributed by atoms with Crippen LogP contribution in [0.1, 0.15) is 219 Å². The summed E-state index contributed by atoms with van der Waals surface area (Å²) in [6.07, 6.45) is 49.1. The molecule has 0 rings (SSSR count). The minimum Gasteiger partial charge on any atom is -0.394 e. The summed E-state index contributed by atoms with van der Waals surface area (Å²) in [6.45, 7) is 4.21. The lowest BCUT2D eigenvalue weighted by atomic mass is 10.0. The second kappa shape index (κ2) is 38.3. The number of carbonyl (C=O) groups excluding carboxylic acids is 1. The van der Waals surface area contributed by atoms with Crippen LogP contribution in [0.3, 0.4) is 0 Å². The first kappa shape index (κ1) is 44.9. The van der Waals surface area contributed by atoms with Gasteiger partial charge in [-0.3, -0.25) is 4.79 Å². The molecule has 272 valence electrons. The van der Waals surface area contributed by atoms with Crippen LogP contribution >= 0.6 is 0 Å². The van der Waals surface area contributed by atoms with Crippen LogP contribution in [-0.2, 0) is 4.79 Å². The van der Waals surface area contributed by atoms with Crippen molar-refractivity contribution in [3.63, 3.8) is 0 Å². The van der Waals surface area contributed by atoms with E-state index in [2.05, 4.69) is 31.3 Å². The quantitative estimate of drug-likeness (QED) is 0.0464. The summed E-state index contributed by atoms with van der Waals surface area (Å²) in [7, 11) is 0. The van der Waals surface area contributed by atoms with Gasteiger partial charge in [-0.1, -0.05) is 205 Å². The average Bonchev–Trinajstić information content (AvgIpc) is 3.06. The van der Waals surface area contributed by atoms with Gasteiger partial charge in [0.15, 0.2) is 0 Å². The molecule has 2 unspecified atom stereocenters. The van der Waals surface area contributed by atoms with Crippen molar-refractivity contribution in [2.45, 2.75) is 231 Å². The molecule has 0 bridgehead atoms. The van der Waals surface area contributed by atoms with Crippen molar-refractivity contribution in [3.05, 3.63) is 24.3 Å². The molecule has 4 heteroatoms. The molecule has 0 saturated heterocycles. The largest absolute Gasteiger partial charge is 0.394 e. The van der Waals surface area contributed by atoms with Crippen molar-refractivity contribution in [2.75, 3.05) is 6.61 Å². The van der Waals surface area contributed by atoms with Crippen molar-refractivity contribution >= 4 is 5.91 Å². The summed E-state index contributed by atoms with van der Waals surface area (Å²) in [5, 5.41) is 22.7. The molecule has 0 fully saturated rings. The molecule has 0 spiro atoms. The molecule has 0 saturated carbocycles. The van der Waals surface area contributed by atoms with E-state index in [-0.39, 0.29) is 12.5 Å². The molecule has 2 atom stereocenters. The fourth-order valence-electron chi connectivity index (χ4n) is 6.25. The Bertz CT molecular complexity index is 661. The van der Waals surface area contributed by atoms with E-state index in [0.717, 1.165) is 38.5 Å². The van der Waals surface area contributed by atoms with E-state index in [9.17, 15) is 15.0 Å². The Morgan fingerprint density at radius 3 is 1.26 bits per heavy atom. The number of hydrogen-bond acceptors (Lipinski definition) is 3. The molecule has 0 aliphatic heterocycles. The van der Waals surface area contributed by atoms with Gasteiger partial charge in [-0.2, -0.15) is 0 Å². The van der Waals surface area contributed by atoms with Crippen LogP contribution in [0.25, 0.3) is 0 Å². The summed E-state index contributed by atoms with van der Waals surface area (Å²) < 4.78 is 0. The lowest BCUT2D eigenvalue weighted by molar-refractivity contribution is -0.123. The van der Waals surface area contributed by atoms with Gasteiger partial charge in [0.2, 0.25) is 5.91 Å². The highest BCUT2D eigenvalue weighted by Gasteiger charge is 2.17. The highest BCUT2D eigenvalue weighted by Crippen LogP contribution is 2.16. The van der Waals surface area contributed by atoms with E-state index in [1.54, 1.807) is 6.08 Å². The van der Waals surface area contributed by atoms with Crippen molar-refractivity contribution in [1.29, 1.82) is 0 Å². The number of aliphatic hydroxyl groups is 2. The number of rotatable bonds is 37. The molecule has 4 nitrogen and oxygen atoms in total. The van der Waals surface area contributed by atoms with E-state index in [4.69, 9.17) is 0 Å². The zero-order valence-corrected chi connectivity index (χ0v) is 31.1. The monoisotopic (exact) mass is 648 g/mol. The lowest BCUT2D eigenvalue weighted by Crippen LogP contribution is -2.45. The fourth-order valence-corrected chi connectivity index (χ4v) is 6.25. The molecule has 0 aromatic carbocycles. The first-order valence-electron chi connectivity index (χ1n) is 20.6. The molecule has 0 aromatic rings. The molecule has 1 amide bonds. The Labute approximate surface area is 288 Å². The smallest absolute Gasteiger partial charge is 0.220 e. The number of nitrogens with one attached hydrogen (secondary N) is 1. The lowest BCUT2D eigenvalue weighted by Gasteiger charge is -2.19. The Kier molecular flexibility index (Phi) is 37.4. The van der Waals surface area contributed by atoms with Crippen LogP contribution in [-0.4, -0.2) is 34.9 Å². The van der Waals surface area contributed by atoms with Gasteiger partial charge in [-0.05, 0) is 32.1 Å². The fraction of sp³-hybridized carbons (Fsp3) is 0.881. The van der Waals surface area contributed by atoms with Gasteiger partial charge in [-0.25, -0.2) is 0 Å². The van der Waals surface area contributed by atoms with E-state index in [1.807, 2.05) is 6.08 Å². The summed E-state index contributed by atoms with van der Waals surface area (Å²) in [5.74, 6) is -0.0866. The number of amides is 1. The standard InChI is InChI=1S/C42H81NO3/c1-3-5-7-9-10-11-12-13-14-15-16-17-18-19-20-21-22-23-24-25-26-27-28-29-30-31-32-34-35-37-41(45)40(39-44)43-42(46)38-36-33-8-6-4-2/h30-31,35,37,40-41,44-45H,3-29,32-34,36,38-39H2,1-2H3,(H,43,46)/b31-30+,37-35+. The third-order valence-corrected chi connectivity index (χ3v) is 9.44. The average molecular weight is 648 g/mol. The van der Waals surface area contributed by atoms with Crippen LogP contribution in [0.15, 0.2) is 24.3 Å². The third kappa shape index (κ3) is 34.2. The van der Waals surface area contributed by atoms with Crippen LogP contribution in [0.2, 0.25) is 0 Å². The molecule has 0 heterocycles. The zero-order chi connectivity index (χ0) is 33.6. The Morgan fingerprint density at radius 2 is 0.848 bits per heavy atom. The maximum Gasteiger partial charge on any atom is 0.220 e. The maximum atomic E-state index is 12.1. The highest BCUT2D eigenvalue weighted by atomic mass is 16.3. The van der Waals surface area contributed by atoms with E-state index < -0.39 is 12.1 Å². The molecule has 3 N–H and O–H groups in total. The van der Waals surface area contributed by atoms with Crippen LogP contribution in [0.4, 0.5) is 0 Å². The molecule has 0 radical (unpaired) electrons. The van der Waals surface area contributed by atoms with Gasteiger partial charge in [0, 0.05) is 6.42 Å². The van der Waals surface area contributed by atoms with Crippen LogP contribution < -0.4 is 5.32 Å². The first-order chi connectivity index (χ1) is 22.7. The second-order valence-corrected chi connectivity index (χ2v) is 14.1. The van der Waals surface area contributed by atoms with Crippen LogP contribution in [0, 0.1) is 0 Å². The highest BCUT2D eigenvalue weighted by molar-refractivity contribution is 5.76. The summed E-state index contributed by atoms with van der Waals surface area (Å²) in [5.41, 5.74) is 0. The van der Waals surface area contributed by atoms with E-state index in [0.29, 0.717) is 6.42 Å². The van der Waals surface area contributed by atoms with Gasteiger partial charge in [0.25, 0.3) is 0 Å². The topological polar surface area (TPSA) is 69.6 Å². The van der Waals surface area contributed by atoms with Crippen LogP contribution in [0.5, 0.6) is 0 Å². The third-order valence-electron chi connectivity index (χ3n) is 9.44. The summed E-state index contributed by atoms with van der Waals surface area (Å²) in [6, 6.07) is -0.631. The molecule has 0 aliphatic carbocycles. The number of unbranched alkanes of at least 4 members (excludes halogenated alkanes) is 28. The van der Waals surface area contributed by atoms with E-state index in [1.165, 1.54) is 161 Å². The van der Waals surface area contributed by atoms with Crippen molar-refractivity contribution < 1.29 is 15.0 Å². The normalized spacial score (nSPS) is 13.2. The first-order valence-corrected chi connectivity index (χ1v) is 20.6. The number of allylic oxidation sites excluding steroid dienone is 3. The summed E-state index contributed by atoms with van der Waals surface area (Å²) in [4.78, 5) is 12.1. The van der Waals surface area contributed by atoms with Gasteiger partial charge < -0.3 is 15.5 Å². The molecule has 0 aromatic heterocycles. The number of hydrogen-bond donors (Lipinski definition) is 3. The van der Waals surface area contributed by atoms with Gasteiger partial charge >= 0.3 is 0 Å². The predicted octanol–water partition coefficient (Wildman–Crippen LogP) is 12.5. The maximum absolute atomic E-state index is 12.1. The minimum absolute atomic E-state index is 0.0866. The molecule has 0 aliphatic rings. The van der Waals surface area contributed by atoms with Gasteiger partial charge in [0.1, 0.15) is 0 Å². The second-order valence-electron chi connectivity index (χ2n) is 14.1. The Morgan fingerprint density at radius 1 is 0.500 bits per heavy atom. The van der Waals surface area contributed by atoms with E-state index >= 15 is 0 Å². The SMILES string of the molecule is CCCCCCCCCCCCCCCCCCCCCCCCC/C=C/CC/C=C/C(O)C(CO)NC(=O)CCCCCCC. The van der Waals surface area contributed by atoms with Crippen molar-refractivity contribution in [3.8, 4) is 0 Å². The number of carbonyl (C=O) groups is 1. The predicted molar refractivity (Wildman–Crippen MR) is 202 cm³/mol. The molecule has 46 heavy (non-hydrogen) atoms. The zero-order valence-electron chi connectivity index (χ0n) is 31.1. The van der Waals surface area contributed by atoms with Crippen molar-refractivity contribution in [2.24, 2.45) is 0 Å².